The van der Waals surface area contributed by atoms with Gasteiger partial charge in [-0.15, -0.1) is 0 Å². The molecule has 96 valence electrons. The molecular formula is C12H20N2O2S. The van der Waals surface area contributed by atoms with E-state index in [1.165, 1.54) is 0 Å². The Bertz CT molecular complexity index is 507. The Hall–Kier alpha value is -1.07. The molecule has 0 unspecified atom stereocenters. The van der Waals surface area contributed by atoms with E-state index >= 15 is 0 Å². The summed E-state index contributed by atoms with van der Waals surface area (Å²) in [7, 11) is -3.51. The zero-order valence-corrected chi connectivity index (χ0v) is 11.6. The summed E-state index contributed by atoms with van der Waals surface area (Å²) in [4.78, 5) is 0.207. The molecule has 0 radical (unpaired) electrons. The zero-order chi connectivity index (χ0) is 13.2. The van der Waals surface area contributed by atoms with Gasteiger partial charge >= 0.3 is 0 Å². The van der Waals surface area contributed by atoms with E-state index in [0.29, 0.717) is 17.8 Å². The van der Waals surface area contributed by atoms with Gasteiger partial charge in [0.1, 0.15) is 4.90 Å². The van der Waals surface area contributed by atoms with Crippen LogP contribution in [0.5, 0.6) is 0 Å². The summed E-state index contributed by atoms with van der Waals surface area (Å²) in [5, 5.41) is 0. The summed E-state index contributed by atoms with van der Waals surface area (Å²) in [5.74, 6) is 0.260. The molecule has 1 aromatic carbocycles. The number of anilines is 1. The van der Waals surface area contributed by atoms with E-state index in [2.05, 4.69) is 4.72 Å². The van der Waals surface area contributed by atoms with Gasteiger partial charge in [0.15, 0.2) is 0 Å². The molecule has 0 aliphatic rings. The van der Waals surface area contributed by atoms with Gasteiger partial charge in [0.2, 0.25) is 10.0 Å². The Balaban J connectivity index is 3.19. The second kappa shape index (κ2) is 5.06. The van der Waals surface area contributed by atoms with Gasteiger partial charge in [0.05, 0.1) is 5.69 Å². The average molecular weight is 256 g/mol. The lowest BCUT2D eigenvalue weighted by molar-refractivity contribution is 0.560. The molecule has 0 saturated heterocycles. The molecule has 0 aliphatic heterocycles. The topological polar surface area (TPSA) is 72.2 Å². The highest BCUT2D eigenvalue weighted by atomic mass is 32.2. The zero-order valence-electron chi connectivity index (χ0n) is 10.7. The highest BCUT2D eigenvalue weighted by molar-refractivity contribution is 7.89. The summed E-state index contributed by atoms with van der Waals surface area (Å²) < 4.78 is 26.9. The van der Waals surface area contributed by atoms with Crippen molar-refractivity contribution in [1.29, 1.82) is 0 Å². The molecule has 0 fully saturated rings. The first-order chi connectivity index (χ1) is 7.75. The maximum atomic E-state index is 12.1. The van der Waals surface area contributed by atoms with Gasteiger partial charge in [-0.2, -0.15) is 0 Å². The number of sulfonamides is 1. The van der Waals surface area contributed by atoms with E-state index in [1.807, 2.05) is 19.9 Å². The lowest BCUT2D eigenvalue weighted by atomic mass is 10.1. The van der Waals surface area contributed by atoms with E-state index in [0.717, 1.165) is 5.56 Å². The predicted molar refractivity (Wildman–Crippen MR) is 70.4 cm³/mol. The second-order valence-corrected chi connectivity index (χ2v) is 6.39. The third kappa shape index (κ3) is 3.20. The van der Waals surface area contributed by atoms with Crippen LogP contribution < -0.4 is 10.5 Å². The van der Waals surface area contributed by atoms with Crippen molar-refractivity contribution in [1.82, 2.24) is 4.72 Å². The average Bonchev–Trinajstić information content (AvgIpc) is 2.21. The molecule has 3 N–H and O–H groups in total. The van der Waals surface area contributed by atoms with E-state index in [1.54, 1.807) is 19.9 Å². The molecule has 0 aliphatic carbocycles. The Labute approximate surface area is 103 Å². The lowest BCUT2D eigenvalue weighted by Gasteiger charge is -2.14. The van der Waals surface area contributed by atoms with Crippen molar-refractivity contribution in [3.63, 3.8) is 0 Å². The van der Waals surface area contributed by atoms with Gasteiger partial charge in [-0.25, -0.2) is 13.1 Å². The molecule has 0 heterocycles. The molecule has 1 aromatic rings. The fourth-order valence-corrected chi connectivity index (χ4v) is 3.15. The fourth-order valence-electron chi connectivity index (χ4n) is 1.51. The van der Waals surface area contributed by atoms with Crippen molar-refractivity contribution >= 4 is 15.7 Å². The molecule has 0 bridgehead atoms. The quantitative estimate of drug-likeness (QED) is 0.807. The number of rotatable bonds is 4. The third-order valence-corrected chi connectivity index (χ3v) is 4.19. The molecule has 17 heavy (non-hydrogen) atoms. The van der Waals surface area contributed by atoms with Gasteiger partial charge in [0, 0.05) is 6.54 Å². The Morgan fingerprint density at radius 2 is 1.76 bits per heavy atom. The van der Waals surface area contributed by atoms with Crippen molar-refractivity contribution in [3.05, 3.63) is 23.3 Å². The molecule has 0 aromatic heterocycles. The summed E-state index contributed by atoms with van der Waals surface area (Å²) in [6.45, 7) is 7.87. The van der Waals surface area contributed by atoms with Gasteiger partial charge < -0.3 is 5.73 Å². The van der Waals surface area contributed by atoms with Crippen LogP contribution in [0.15, 0.2) is 17.0 Å². The minimum Gasteiger partial charge on any atom is -0.397 e. The van der Waals surface area contributed by atoms with Gasteiger partial charge in [-0.1, -0.05) is 26.0 Å². The summed E-state index contributed by atoms with van der Waals surface area (Å²) in [5.41, 5.74) is 7.64. The lowest BCUT2D eigenvalue weighted by Crippen LogP contribution is -2.29. The molecule has 0 saturated carbocycles. The minimum absolute atomic E-state index is 0.207. The van der Waals surface area contributed by atoms with Crippen molar-refractivity contribution < 1.29 is 8.42 Å². The van der Waals surface area contributed by atoms with Crippen molar-refractivity contribution in [2.45, 2.75) is 32.6 Å². The minimum atomic E-state index is -3.51. The van der Waals surface area contributed by atoms with Crippen LogP contribution in [0.1, 0.15) is 25.0 Å². The van der Waals surface area contributed by atoms with Crippen LogP contribution in [-0.2, 0) is 10.0 Å². The predicted octanol–water partition coefficient (Wildman–Crippen LogP) is 1.82. The SMILES string of the molecule is Cc1ccc(C)c(S(=O)(=O)NCC(C)C)c1N. The standard InChI is InChI=1S/C12H20N2O2S/c1-8(2)7-14-17(15,16)12-10(4)6-5-9(3)11(12)13/h5-6,8,14H,7,13H2,1-4H3. The van der Waals surface area contributed by atoms with E-state index < -0.39 is 10.0 Å². The van der Waals surface area contributed by atoms with Crippen molar-refractivity contribution in [3.8, 4) is 0 Å². The Morgan fingerprint density at radius 1 is 1.24 bits per heavy atom. The normalized spacial score (nSPS) is 12.1. The van der Waals surface area contributed by atoms with Crippen LogP contribution in [0.2, 0.25) is 0 Å². The molecule has 1 rings (SSSR count). The van der Waals surface area contributed by atoms with Crippen LogP contribution >= 0.6 is 0 Å². The highest BCUT2D eigenvalue weighted by Crippen LogP contribution is 2.25. The van der Waals surface area contributed by atoms with Gasteiger partial charge in [0.25, 0.3) is 0 Å². The van der Waals surface area contributed by atoms with E-state index in [-0.39, 0.29) is 10.8 Å². The van der Waals surface area contributed by atoms with Crippen molar-refractivity contribution in [2.75, 3.05) is 12.3 Å². The van der Waals surface area contributed by atoms with Crippen LogP contribution in [-0.4, -0.2) is 15.0 Å². The number of nitrogens with one attached hydrogen (secondary N) is 1. The molecule has 0 amide bonds. The number of hydrogen-bond donors (Lipinski definition) is 2. The van der Waals surface area contributed by atoms with Crippen LogP contribution in [0.4, 0.5) is 5.69 Å². The number of aryl methyl sites for hydroxylation is 2. The van der Waals surface area contributed by atoms with Gasteiger partial charge in [-0.3, -0.25) is 0 Å². The maximum absolute atomic E-state index is 12.1. The fraction of sp³-hybridized carbons (Fsp3) is 0.500. The van der Waals surface area contributed by atoms with Crippen LogP contribution in [0, 0.1) is 19.8 Å². The highest BCUT2D eigenvalue weighted by Gasteiger charge is 2.20. The van der Waals surface area contributed by atoms with E-state index in [4.69, 9.17) is 5.73 Å². The first-order valence-electron chi connectivity index (χ1n) is 5.61. The van der Waals surface area contributed by atoms with Gasteiger partial charge in [-0.05, 0) is 30.9 Å². The first-order valence-corrected chi connectivity index (χ1v) is 7.09. The molecular weight excluding hydrogens is 236 g/mol. The van der Waals surface area contributed by atoms with E-state index in [9.17, 15) is 8.42 Å². The van der Waals surface area contributed by atoms with Crippen LogP contribution in [0.3, 0.4) is 0 Å². The van der Waals surface area contributed by atoms with Crippen molar-refractivity contribution in [2.24, 2.45) is 5.92 Å². The number of nitrogen functional groups attached to an aromatic ring is 1. The summed E-state index contributed by atoms with van der Waals surface area (Å²) in [6, 6.07) is 3.60. The summed E-state index contributed by atoms with van der Waals surface area (Å²) >= 11 is 0. The Kier molecular flexibility index (Phi) is 4.16. The van der Waals surface area contributed by atoms with Crippen LogP contribution in [0.25, 0.3) is 0 Å². The Morgan fingerprint density at radius 3 is 2.29 bits per heavy atom. The number of hydrogen-bond acceptors (Lipinski definition) is 3. The smallest absolute Gasteiger partial charge is 0.242 e. The first kappa shape index (κ1) is 14.0. The molecule has 0 atom stereocenters. The monoisotopic (exact) mass is 256 g/mol. The maximum Gasteiger partial charge on any atom is 0.242 e. The molecule has 4 nitrogen and oxygen atoms in total. The summed E-state index contributed by atoms with van der Waals surface area (Å²) in [6.07, 6.45) is 0. The number of benzene rings is 1. The second-order valence-electron chi connectivity index (χ2n) is 4.69. The number of nitrogens with two attached hydrogens (primary N) is 1. The largest absolute Gasteiger partial charge is 0.397 e. The third-order valence-electron chi connectivity index (χ3n) is 2.56. The molecule has 0 spiro atoms. The molecule has 5 heteroatoms.